The number of esters is 1. The van der Waals surface area contributed by atoms with Gasteiger partial charge >= 0.3 is 11.7 Å². The largest absolute Gasteiger partial charge is 0.484 e. The van der Waals surface area contributed by atoms with E-state index in [2.05, 4.69) is 11.7 Å². The SMILES string of the molecule is CCCCCC[C@H](C)Oc1ccc(-c2ccc(C(=O)OC)cc2)cc1[N+](=O)[O-]. The summed E-state index contributed by atoms with van der Waals surface area (Å²) in [6.45, 7) is 4.10. The minimum atomic E-state index is -0.425. The maximum absolute atomic E-state index is 11.5. The summed E-state index contributed by atoms with van der Waals surface area (Å²) in [5.41, 5.74) is 1.83. The average molecular weight is 385 g/mol. The Hall–Kier alpha value is -2.89. The Bertz CT molecular complexity index is 801. The van der Waals surface area contributed by atoms with E-state index in [-0.39, 0.29) is 17.5 Å². The highest BCUT2D eigenvalue weighted by molar-refractivity contribution is 5.90. The fourth-order valence-electron chi connectivity index (χ4n) is 2.99. The zero-order valence-corrected chi connectivity index (χ0v) is 16.6. The fraction of sp³-hybridized carbons (Fsp3) is 0.409. The van der Waals surface area contributed by atoms with Crippen LogP contribution in [0.4, 0.5) is 5.69 Å². The molecule has 0 saturated carbocycles. The molecule has 2 aromatic rings. The number of carbonyl (C=O) groups excluding carboxylic acids is 1. The number of ether oxygens (including phenoxy) is 2. The number of methoxy groups -OCH3 is 1. The van der Waals surface area contributed by atoms with E-state index in [9.17, 15) is 14.9 Å². The standard InChI is InChI=1S/C22H27NO5/c1-4-5-6-7-8-16(2)28-21-14-13-19(15-20(21)23(25)26)17-9-11-18(12-10-17)22(24)27-3/h9-16H,4-8H2,1-3H3/t16-/m0/s1. The number of rotatable bonds is 10. The highest BCUT2D eigenvalue weighted by Crippen LogP contribution is 2.33. The zero-order chi connectivity index (χ0) is 20.5. The summed E-state index contributed by atoms with van der Waals surface area (Å²) in [5.74, 6) is -0.142. The van der Waals surface area contributed by atoms with Crippen LogP contribution < -0.4 is 4.74 Å². The summed E-state index contributed by atoms with van der Waals surface area (Å²) in [6.07, 6.45) is 5.34. The van der Waals surface area contributed by atoms with Crippen LogP contribution in [0.25, 0.3) is 11.1 Å². The Morgan fingerprint density at radius 2 is 1.75 bits per heavy atom. The van der Waals surface area contributed by atoms with Gasteiger partial charge in [0.15, 0.2) is 5.75 Å². The van der Waals surface area contributed by atoms with Crippen molar-refractivity contribution in [2.75, 3.05) is 7.11 Å². The van der Waals surface area contributed by atoms with Gasteiger partial charge < -0.3 is 9.47 Å². The van der Waals surface area contributed by atoms with E-state index >= 15 is 0 Å². The van der Waals surface area contributed by atoms with Crippen LogP contribution in [0.3, 0.4) is 0 Å². The second kappa shape index (κ2) is 10.4. The van der Waals surface area contributed by atoms with Gasteiger partial charge in [0.1, 0.15) is 0 Å². The van der Waals surface area contributed by atoms with E-state index in [1.165, 1.54) is 26.0 Å². The summed E-state index contributed by atoms with van der Waals surface area (Å²) in [4.78, 5) is 22.6. The molecule has 0 aliphatic rings. The Morgan fingerprint density at radius 3 is 2.36 bits per heavy atom. The van der Waals surface area contributed by atoms with Crippen LogP contribution in [0.5, 0.6) is 5.75 Å². The van der Waals surface area contributed by atoms with E-state index < -0.39 is 10.9 Å². The van der Waals surface area contributed by atoms with E-state index in [0.29, 0.717) is 11.1 Å². The number of hydrogen-bond acceptors (Lipinski definition) is 5. The first-order valence-corrected chi connectivity index (χ1v) is 9.60. The van der Waals surface area contributed by atoms with Gasteiger partial charge in [-0.15, -0.1) is 0 Å². The first-order valence-electron chi connectivity index (χ1n) is 9.60. The lowest BCUT2D eigenvalue weighted by Gasteiger charge is -2.15. The van der Waals surface area contributed by atoms with Gasteiger partial charge in [-0.25, -0.2) is 4.79 Å². The Morgan fingerprint density at radius 1 is 1.07 bits per heavy atom. The van der Waals surface area contributed by atoms with Crippen LogP contribution in [0, 0.1) is 10.1 Å². The molecule has 0 unspecified atom stereocenters. The van der Waals surface area contributed by atoms with Crippen molar-refractivity contribution in [2.24, 2.45) is 0 Å². The Balaban J connectivity index is 2.16. The van der Waals surface area contributed by atoms with Crippen LogP contribution in [-0.2, 0) is 4.74 Å². The number of unbranched alkanes of at least 4 members (excludes halogenated alkanes) is 3. The van der Waals surface area contributed by atoms with Crippen molar-refractivity contribution in [3.05, 3.63) is 58.1 Å². The first kappa shape index (κ1) is 21.4. The quantitative estimate of drug-likeness (QED) is 0.224. The summed E-state index contributed by atoms with van der Waals surface area (Å²) in [6, 6.07) is 11.7. The molecule has 0 spiro atoms. The van der Waals surface area contributed by atoms with Gasteiger partial charge in [0, 0.05) is 6.07 Å². The van der Waals surface area contributed by atoms with Crippen molar-refractivity contribution >= 4 is 11.7 Å². The third-order valence-corrected chi connectivity index (χ3v) is 4.59. The van der Waals surface area contributed by atoms with Crippen molar-refractivity contribution in [3.8, 4) is 16.9 Å². The highest BCUT2D eigenvalue weighted by atomic mass is 16.6. The number of nitro groups is 1. The molecule has 2 aromatic carbocycles. The summed E-state index contributed by atoms with van der Waals surface area (Å²) in [5, 5.41) is 11.5. The molecular weight excluding hydrogens is 358 g/mol. The van der Waals surface area contributed by atoms with Gasteiger partial charge in [-0.05, 0) is 49.1 Å². The van der Waals surface area contributed by atoms with Crippen molar-refractivity contribution in [1.29, 1.82) is 0 Å². The van der Waals surface area contributed by atoms with Crippen molar-refractivity contribution in [1.82, 2.24) is 0 Å². The predicted octanol–water partition coefficient (Wildman–Crippen LogP) is 5.79. The molecule has 0 fully saturated rings. The normalized spacial score (nSPS) is 11.7. The molecule has 0 N–H and O–H groups in total. The van der Waals surface area contributed by atoms with Gasteiger partial charge in [-0.2, -0.15) is 0 Å². The van der Waals surface area contributed by atoms with Crippen molar-refractivity contribution < 1.29 is 19.2 Å². The third-order valence-electron chi connectivity index (χ3n) is 4.59. The first-order chi connectivity index (χ1) is 13.5. The lowest BCUT2D eigenvalue weighted by molar-refractivity contribution is -0.386. The lowest BCUT2D eigenvalue weighted by atomic mass is 10.0. The molecule has 0 heterocycles. The van der Waals surface area contributed by atoms with Crippen LogP contribution >= 0.6 is 0 Å². The van der Waals surface area contributed by atoms with E-state index in [4.69, 9.17) is 4.74 Å². The average Bonchev–Trinajstić information content (AvgIpc) is 2.71. The monoisotopic (exact) mass is 385 g/mol. The smallest absolute Gasteiger partial charge is 0.337 e. The van der Waals surface area contributed by atoms with Gasteiger partial charge in [-0.3, -0.25) is 10.1 Å². The second-order valence-electron chi connectivity index (χ2n) is 6.79. The van der Waals surface area contributed by atoms with Gasteiger partial charge in [-0.1, -0.05) is 44.4 Å². The van der Waals surface area contributed by atoms with E-state index in [0.717, 1.165) is 24.8 Å². The zero-order valence-electron chi connectivity index (χ0n) is 16.6. The van der Waals surface area contributed by atoms with Gasteiger partial charge in [0.2, 0.25) is 0 Å². The molecule has 1 atom stereocenters. The number of nitrogens with zero attached hydrogens (tertiary/aromatic N) is 1. The van der Waals surface area contributed by atoms with Gasteiger partial charge in [0.25, 0.3) is 0 Å². The number of benzene rings is 2. The summed E-state index contributed by atoms with van der Waals surface area (Å²) < 4.78 is 10.5. The molecule has 28 heavy (non-hydrogen) atoms. The minimum absolute atomic E-state index is 0.0602. The number of nitro benzene ring substituents is 1. The summed E-state index contributed by atoms with van der Waals surface area (Å²) >= 11 is 0. The Kier molecular flexibility index (Phi) is 7.99. The van der Waals surface area contributed by atoms with Crippen molar-refractivity contribution in [2.45, 2.75) is 52.1 Å². The lowest BCUT2D eigenvalue weighted by Crippen LogP contribution is -2.12. The molecule has 0 aliphatic heterocycles. The maximum Gasteiger partial charge on any atom is 0.337 e. The molecule has 0 radical (unpaired) electrons. The highest BCUT2D eigenvalue weighted by Gasteiger charge is 2.19. The van der Waals surface area contributed by atoms with Crippen LogP contribution in [0.15, 0.2) is 42.5 Å². The Labute approximate surface area is 165 Å². The van der Waals surface area contributed by atoms with Crippen LogP contribution in [-0.4, -0.2) is 24.1 Å². The van der Waals surface area contributed by atoms with Gasteiger partial charge in [0.05, 0.1) is 23.7 Å². The molecule has 0 amide bonds. The molecule has 0 aliphatic carbocycles. The van der Waals surface area contributed by atoms with E-state index in [1.807, 2.05) is 6.92 Å². The minimum Gasteiger partial charge on any atom is -0.484 e. The molecule has 6 heteroatoms. The number of carbonyl (C=O) groups is 1. The molecule has 2 rings (SSSR count). The third kappa shape index (κ3) is 5.81. The van der Waals surface area contributed by atoms with Crippen molar-refractivity contribution in [3.63, 3.8) is 0 Å². The fourth-order valence-corrected chi connectivity index (χ4v) is 2.99. The number of hydrogen-bond donors (Lipinski definition) is 0. The molecule has 6 nitrogen and oxygen atoms in total. The second-order valence-corrected chi connectivity index (χ2v) is 6.79. The molecule has 150 valence electrons. The summed E-state index contributed by atoms with van der Waals surface area (Å²) in [7, 11) is 1.32. The molecule has 0 bridgehead atoms. The van der Waals surface area contributed by atoms with E-state index in [1.54, 1.807) is 36.4 Å². The van der Waals surface area contributed by atoms with Crippen LogP contribution in [0.2, 0.25) is 0 Å². The topological polar surface area (TPSA) is 78.7 Å². The molecular formula is C22H27NO5. The molecule has 0 saturated heterocycles. The predicted molar refractivity (Wildman–Crippen MR) is 109 cm³/mol. The maximum atomic E-state index is 11.5. The molecule has 0 aromatic heterocycles. The van der Waals surface area contributed by atoms with Crippen LogP contribution in [0.1, 0.15) is 56.3 Å².